The zero-order valence-electron chi connectivity index (χ0n) is 38.1. The van der Waals surface area contributed by atoms with E-state index in [1.807, 2.05) is 0 Å². The van der Waals surface area contributed by atoms with Crippen molar-refractivity contribution in [3.8, 4) is 0 Å². The molecule has 0 radical (unpaired) electrons. The highest BCUT2D eigenvalue weighted by molar-refractivity contribution is 5.75. The molecule has 5 saturated heterocycles. The SMILES string of the molecule is CC(=O)NC1C(O[C@@H]2C(C(=O)O)OC(OC3C(NC(C)=O)C(OCC4O[C@H](C=O)C(O)C4OC4OC(C(O)CO)[C@@H](O)C(O)C4O)OC(C)[C@@H]3N(C)N=O)C(NC(C)=O)C2C)OC(CO)[C@@H](O)C1O. The Morgan fingerprint density at radius 2 is 1.26 bits per heavy atom. The molecule has 5 heterocycles. The van der Waals surface area contributed by atoms with Gasteiger partial charge in [0.1, 0.15) is 104 Å². The Kier molecular flexibility index (Phi) is 19.6. The number of nitroso groups, excluding NO2 is 1. The summed E-state index contributed by atoms with van der Waals surface area (Å²) in [6.07, 6.45) is -33.9. The van der Waals surface area contributed by atoms with Gasteiger partial charge in [-0.25, -0.2) is 4.79 Å². The molecule has 0 aromatic carbocycles. The number of likely N-dealkylation sites (N-methyl/N-ethyl adjacent to an activating group) is 1. The molecule has 0 bridgehead atoms. The van der Waals surface area contributed by atoms with Gasteiger partial charge in [0.2, 0.25) is 17.7 Å². The van der Waals surface area contributed by atoms with Gasteiger partial charge in [-0.3, -0.25) is 19.4 Å². The number of carbonyl (C=O) groups is 5. The zero-order chi connectivity index (χ0) is 51.3. The van der Waals surface area contributed by atoms with E-state index in [1.165, 1.54) is 20.9 Å². The second kappa shape index (κ2) is 24.1. The average Bonchev–Trinajstić information content (AvgIpc) is 3.59. The van der Waals surface area contributed by atoms with Crippen LogP contribution in [0.25, 0.3) is 0 Å². The number of nitrogens with one attached hydrogen (secondary N) is 3. The molecule has 13 N–H and O–H groups in total. The van der Waals surface area contributed by atoms with Crippen molar-refractivity contribution in [3.05, 3.63) is 4.91 Å². The van der Waals surface area contributed by atoms with Gasteiger partial charge in [-0.1, -0.05) is 6.92 Å². The van der Waals surface area contributed by atoms with Crippen LogP contribution < -0.4 is 16.0 Å². The summed E-state index contributed by atoms with van der Waals surface area (Å²) in [6, 6.07) is -5.65. The molecule has 3 amide bonds. The number of carboxylic acids is 1. The van der Waals surface area contributed by atoms with Gasteiger partial charge < -0.3 is 114 Å². The van der Waals surface area contributed by atoms with Crippen LogP contribution in [-0.4, -0.2) is 260 Å². The molecule has 0 aliphatic carbocycles. The minimum absolute atomic E-state index is 0.228. The molecule has 5 fully saturated rings. The van der Waals surface area contributed by atoms with Gasteiger partial charge in [0, 0.05) is 33.7 Å². The summed E-state index contributed by atoms with van der Waals surface area (Å²) in [5, 5.41) is 116. The van der Waals surface area contributed by atoms with E-state index in [2.05, 4.69) is 21.2 Å². The van der Waals surface area contributed by atoms with Gasteiger partial charge in [0.25, 0.3) is 0 Å². The van der Waals surface area contributed by atoms with Crippen molar-refractivity contribution >= 4 is 30.0 Å². The molecular weight excluding hydrogens is 938 g/mol. The first-order chi connectivity index (χ1) is 32.5. The Bertz CT molecular complexity index is 1780. The minimum Gasteiger partial charge on any atom is -0.479 e. The summed E-state index contributed by atoms with van der Waals surface area (Å²) < 4.78 is 53.5. The molecule has 30 nitrogen and oxygen atoms in total. The monoisotopic (exact) mass is 1000 g/mol. The lowest BCUT2D eigenvalue weighted by molar-refractivity contribution is -0.337. The third-order valence-electron chi connectivity index (χ3n) is 12.5. The number of carboxylic acid groups (broad SMARTS) is 1. The highest BCUT2D eigenvalue weighted by atomic mass is 16.8. The van der Waals surface area contributed by atoms with Gasteiger partial charge >= 0.3 is 5.97 Å². The number of aldehydes is 1. The summed E-state index contributed by atoms with van der Waals surface area (Å²) in [4.78, 5) is 75.0. The van der Waals surface area contributed by atoms with Gasteiger partial charge in [-0.15, -0.1) is 4.91 Å². The van der Waals surface area contributed by atoms with E-state index in [1.54, 1.807) is 0 Å². The van der Waals surface area contributed by atoms with Gasteiger partial charge in [0.15, 0.2) is 37.6 Å². The van der Waals surface area contributed by atoms with Crippen LogP contribution in [0.5, 0.6) is 0 Å². The van der Waals surface area contributed by atoms with Crippen molar-refractivity contribution in [3.63, 3.8) is 0 Å². The number of hydrogen-bond acceptors (Lipinski definition) is 25. The van der Waals surface area contributed by atoms with Crippen molar-refractivity contribution in [2.24, 2.45) is 11.2 Å². The molecule has 5 aliphatic rings. The molecule has 0 saturated carbocycles. The highest BCUT2D eigenvalue weighted by Gasteiger charge is 2.57. The Hall–Kier alpha value is -3.77. The zero-order valence-corrected chi connectivity index (χ0v) is 38.1. The van der Waals surface area contributed by atoms with Crippen molar-refractivity contribution in [2.75, 3.05) is 26.9 Å². The first-order valence-corrected chi connectivity index (χ1v) is 21.9. The summed E-state index contributed by atoms with van der Waals surface area (Å²) in [7, 11) is 1.23. The smallest absolute Gasteiger partial charge is 0.335 e. The number of rotatable bonds is 19. The maximum Gasteiger partial charge on any atom is 0.335 e. The van der Waals surface area contributed by atoms with Crippen LogP contribution >= 0.6 is 0 Å². The van der Waals surface area contributed by atoms with Crippen LogP contribution in [0, 0.1) is 10.8 Å². The Morgan fingerprint density at radius 3 is 1.83 bits per heavy atom. The third-order valence-corrected chi connectivity index (χ3v) is 12.5. The minimum atomic E-state index is -2.01. The van der Waals surface area contributed by atoms with Crippen LogP contribution in [0.2, 0.25) is 0 Å². The van der Waals surface area contributed by atoms with Gasteiger partial charge in [0.05, 0.1) is 37.3 Å². The average molecular weight is 1000 g/mol. The fourth-order valence-corrected chi connectivity index (χ4v) is 9.08. The van der Waals surface area contributed by atoms with Crippen molar-refractivity contribution < 1.29 is 118 Å². The van der Waals surface area contributed by atoms with E-state index >= 15 is 0 Å². The second-order valence-corrected chi connectivity index (χ2v) is 17.5. The fraction of sp³-hybridized carbons (Fsp3) is 0.872. The predicted octanol–water partition coefficient (Wildman–Crippen LogP) is -8.23. The lowest BCUT2D eigenvalue weighted by Crippen LogP contribution is -2.71. The number of amides is 3. The molecule has 0 aromatic rings. The topological polar surface area (TPSA) is 439 Å². The van der Waals surface area contributed by atoms with E-state index in [0.29, 0.717) is 0 Å². The number of ether oxygens (including phenoxy) is 9. The first kappa shape index (κ1) is 56.1. The number of aliphatic carboxylic acids is 1. The molecule has 69 heavy (non-hydrogen) atoms. The largest absolute Gasteiger partial charge is 0.479 e. The van der Waals surface area contributed by atoms with Gasteiger partial charge in [-0.2, -0.15) is 0 Å². The van der Waals surface area contributed by atoms with Crippen LogP contribution in [0.4, 0.5) is 0 Å². The molecule has 20 unspecified atom stereocenters. The number of aliphatic hydroxyl groups excluding tert-OH is 9. The molecule has 25 atom stereocenters. The van der Waals surface area contributed by atoms with E-state index < -0.39 is 196 Å². The van der Waals surface area contributed by atoms with E-state index in [4.69, 9.17) is 42.6 Å². The standard InChI is InChI=1S/C39H63N5O25/c1-11-20(40-13(3)48)37(69-34(35(58)59)30(11)65-38-21(41-14(4)49)26(54)24(52)17(8-46)64-38)68-33-22(42-15(5)50)36(62-12(2)23(33)44(6)43-60)61-10-19-32(25(53)18(9-47)63-19)67-39-29(57)27(55)28(56)31(66-39)16(51)7-45/h9,11-12,16-34,36-39,45-46,51-57H,7-8,10H2,1-6H3,(H,40,48)(H,41,49)(H,42,50)(H,58,59)/t11?,12?,16?,17?,18-,19?,20?,21?,22?,23+,24-,25?,26?,27?,28+,29?,30+,31?,32?,33?,34?,36?,37?,38?,39?/m1/s1. The van der Waals surface area contributed by atoms with E-state index in [-0.39, 0.29) is 6.29 Å². The number of hydrogen-bond donors (Lipinski definition) is 13. The van der Waals surface area contributed by atoms with E-state index in [9.17, 15) is 79.9 Å². The molecule has 30 heteroatoms. The summed E-state index contributed by atoms with van der Waals surface area (Å²) >= 11 is 0. The van der Waals surface area contributed by atoms with Crippen molar-refractivity contribution in [2.45, 2.75) is 182 Å². The molecule has 5 aliphatic heterocycles. The second-order valence-electron chi connectivity index (χ2n) is 17.5. The Balaban J connectivity index is 1.45. The first-order valence-electron chi connectivity index (χ1n) is 21.9. The van der Waals surface area contributed by atoms with Crippen molar-refractivity contribution in [1.82, 2.24) is 21.0 Å². The predicted molar refractivity (Wildman–Crippen MR) is 219 cm³/mol. The fourth-order valence-electron chi connectivity index (χ4n) is 9.08. The lowest BCUT2D eigenvalue weighted by atomic mass is 9.87. The van der Waals surface area contributed by atoms with Crippen molar-refractivity contribution in [1.29, 1.82) is 0 Å². The normalized spacial score (nSPS) is 44.0. The Morgan fingerprint density at radius 1 is 0.681 bits per heavy atom. The summed E-state index contributed by atoms with van der Waals surface area (Å²) in [6.45, 7) is 3.74. The van der Waals surface area contributed by atoms with Gasteiger partial charge in [-0.05, 0) is 6.92 Å². The van der Waals surface area contributed by atoms with Crippen LogP contribution in [0.1, 0.15) is 34.6 Å². The number of carbonyl (C=O) groups excluding carboxylic acids is 4. The molecule has 5 rings (SSSR count). The van der Waals surface area contributed by atoms with E-state index in [0.717, 1.165) is 25.8 Å². The molecular formula is C39H63N5O25. The van der Waals surface area contributed by atoms with Crippen LogP contribution in [0.3, 0.4) is 0 Å². The highest BCUT2D eigenvalue weighted by Crippen LogP contribution is 2.37. The maximum atomic E-state index is 13.0. The molecule has 0 spiro atoms. The number of nitrogens with zero attached hydrogens (tertiary/aromatic N) is 2. The van der Waals surface area contributed by atoms with Crippen LogP contribution in [0.15, 0.2) is 5.29 Å². The summed E-state index contributed by atoms with van der Waals surface area (Å²) in [5.41, 5.74) is 0. The van der Waals surface area contributed by atoms with Crippen LogP contribution in [-0.2, 0) is 66.6 Å². The number of aliphatic hydroxyl groups is 9. The molecule has 394 valence electrons. The maximum absolute atomic E-state index is 13.0. The molecule has 0 aromatic heterocycles. The lowest BCUT2D eigenvalue weighted by Gasteiger charge is -2.51. The quantitative estimate of drug-likeness (QED) is 0.0325. The third kappa shape index (κ3) is 12.5. The summed E-state index contributed by atoms with van der Waals surface area (Å²) in [5.74, 6) is -4.94. The Labute approximate surface area is 392 Å².